The van der Waals surface area contributed by atoms with Gasteiger partial charge in [0.15, 0.2) is 0 Å². The molecule has 0 aromatic rings. The van der Waals surface area contributed by atoms with E-state index >= 15 is 0 Å². The number of aliphatic hydroxyl groups excluding tert-OH is 1. The first kappa shape index (κ1) is 31.3. The topological polar surface area (TPSA) is 125 Å². The molecule has 218 valence electrons. The van der Waals surface area contributed by atoms with Crippen LogP contribution in [-0.4, -0.2) is 99.1 Å². The van der Waals surface area contributed by atoms with Crippen LogP contribution in [0.2, 0.25) is 0 Å². The Hall–Kier alpha value is -2.24. The van der Waals surface area contributed by atoms with Crippen molar-refractivity contribution in [2.24, 2.45) is 11.8 Å². The highest BCUT2D eigenvalue weighted by Gasteiger charge is 2.77. The van der Waals surface area contributed by atoms with Gasteiger partial charge in [-0.1, -0.05) is 35.0 Å². The Morgan fingerprint density at radius 3 is 2.56 bits per heavy atom. The Kier molecular flexibility index (Phi) is 10.4. The fraction of sp³-hybridized carbons (Fsp3) is 0.714. The van der Waals surface area contributed by atoms with E-state index in [0.29, 0.717) is 25.7 Å². The Morgan fingerprint density at radius 2 is 2.00 bits per heavy atom. The lowest BCUT2D eigenvalue weighted by Gasteiger charge is -2.40. The van der Waals surface area contributed by atoms with Gasteiger partial charge in [-0.15, -0.1) is 13.2 Å². The van der Waals surface area contributed by atoms with Crippen molar-refractivity contribution in [3.63, 3.8) is 0 Å². The van der Waals surface area contributed by atoms with E-state index in [2.05, 4.69) is 34.4 Å². The predicted octanol–water partition coefficient (Wildman–Crippen LogP) is 1.94. The minimum absolute atomic E-state index is 0.127. The second-order valence-electron chi connectivity index (χ2n) is 10.9. The number of aliphatic hydroxyl groups is 1. The summed E-state index contributed by atoms with van der Waals surface area (Å²) in [7, 11) is 0. The van der Waals surface area contributed by atoms with Crippen LogP contribution in [0.3, 0.4) is 0 Å². The molecule has 8 atom stereocenters. The maximum atomic E-state index is 14.1. The lowest BCUT2D eigenvalue weighted by atomic mass is 9.70. The molecule has 3 amide bonds. The van der Waals surface area contributed by atoms with Gasteiger partial charge in [-0.2, -0.15) is 0 Å². The third kappa shape index (κ3) is 5.81. The number of hydrogen-bond acceptors (Lipinski definition) is 7. The number of likely N-dealkylation sites (tertiary alicyclic amines) is 1. The Morgan fingerprint density at radius 1 is 1.31 bits per heavy atom. The standard InChI is InChI=1S/C28H42BrN3O7/c1-7-10-11-20(34)30-14-17(6)38-27(37)21-22-25(35)32(18(9-3)15-33)24(26(36)31(12-8-2)16(4)5)28(22)13-19(29)23(21)39-28/h7-8,16-19,21-24,33H,1-2,9-15H2,3-6H3,(H,30,34)/t17-,18-,19?,21-,22+,23-,24-,28+/m0/s1. The maximum Gasteiger partial charge on any atom is 0.312 e. The van der Waals surface area contributed by atoms with E-state index in [9.17, 15) is 24.3 Å². The summed E-state index contributed by atoms with van der Waals surface area (Å²) in [6.07, 6.45) is 3.63. The van der Waals surface area contributed by atoms with Crippen LogP contribution in [0.5, 0.6) is 0 Å². The number of nitrogens with one attached hydrogen (secondary N) is 1. The molecule has 2 N–H and O–H groups in total. The smallest absolute Gasteiger partial charge is 0.312 e. The summed E-state index contributed by atoms with van der Waals surface area (Å²) in [5.41, 5.74) is -1.24. The largest absolute Gasteiger partial charge is 0.460 e. The zero-order valence-corrected chi connectivity index (χ0v) is 24.9. The normalized spacial score (nSPS) is 30.6. The van der Waals surface area contributed by atoms with E-state index in [1.165, 1.54) is 4.90 Å². The fourth-order valence-electron chi connectivity index (χ4n) is 6.17. The van der Waals surface area contributed by atoms with Gasteiger partial charge in [0.05, 0.1) is 37.1 Å². The number of esters is 1. The highest BCUT2D eigenvalue weighted by atomic mass is 79.9. The second-order valence-corrected chi connectivity index (χ2v) is 12.1. The molecule has 39 heavy (non-hydrogen) atoms. The number of ether oxygens (including phenoxy) is 2. The van der Waals surface area contributed by atoms with Gasteiger partial charge in [-0.05, 0) is 40.0 Å². The van der Waals surface area contributed by atoms with Gasteiger partial charge < -0.3 is 29.7 Å². The molecule has 0 radical (unpaired) electrons. The summed E-state index contributed by atoms with van der Waals surface area (Å²) < 4.78 is 12.2. The van der Waals surface area contributed by atoms with Crippen LogP contribution in [0.4, 0.5) is 0 Å². The second kappa shape index (κ2) is 13.0. The van der Waals surface area contributed by atoms with Gasteiger partial charge in [0, 0.05) is 23.8 Å². The van der Waals surface area contributed by atoms with E-state index in [1.807, 2.05) is 20.8 Å². The van der Waals surface area contributed by atoms with Crippen LogP contribution in [-0.2, 0) is 28.7 Å². The molecule has 3 rings (SSSR count). The third-order valence-electron chi connectivity index (χ3n) is 8.02. The number of rotatable bonds is 14. The molecule has 3 fully saturated rings. The summed E-state index contributed by atoms with van der Waals surface area (Å²) in [5.74, 6) is -3.31. The molecule has 1 unspecified atom stereocenters. The quantitative estimate of drug-likeness (QED) is 0.175. The number of fused-ring (bicyclic) bond motifs is 1. The molecule has 0 aromatic carbocycles. The highest BCUT2D eigenvalue weighted by Crippen LogP contribution is 2.60. The summed E-state index contributed by atoms with van der Waals surface area (Å²) in [5, 5.41) is 12.9. The molecular weight excluding hydrogens is 570 g/mol. The van der Waals surface area contributed by atoms with E-state index in [-0.39, 0.29) is 48.3 Å². The lowest BCUT2D eigenvalue weighted by molar-refractivity contribution is -0.160. The van der Waals surface area contributed by atoms with Crippen molar-refractivity contribution in [2.75, 3.05) is 19.7 Å². The molecule has 10 nitrogen and oxygen atoms in total. The van der Waals surface area contributed by atoms with E-state index < -0.39 is 47.7 Å². The minimum atomic E-state index is -1.24. The number of carbonyl (C=O) groups is 4. The summed E-state index contributed by atoms with van der Waals surface area (Å²) in [6.45, 7) is 14.8. The number of allylic oxidation sites excluding steroid dienone is 1. The molecule has 3 aliphatic heterocycles. The van der Waals surface area contributed by atoms with Crippen LogP contribution in [0.25, 0.3) is 0 Å². The first-order valence-corrected chi connectivity index (χ1v) is 14.6. The van der Waals surface area contributed by atoms with Gasteiger partial charge in [-0.25, -0.2) is 0 Å². The zero-order valence-electron chi connectivity index (χ0n) is 23.3. The molecule has 3 saturated heterocycles. The van der Waals surface area contributed by atoms with Gasteiger partial charge in [0.2, 0.25) is 17.7 Å². The Balaban J connectivity index is 1.92. The van der Waals surface area contributed by atoms with Gasteiger partial charge >= 0.3 is 5.97 Å². The van der Waals surface area contributed by atoms with Crippen molar-refractivity contribution >= 4 is 39.6 Å². The SMILES string of the molecule is C=CCCC(=O)NC[C@H](C)OC(=O)[C@@H]1[C@H]2O[C@@]3(CC2Br)[C@H](C(=O)N(CC=C)C(C)C)N([C@@H](CC)CO)C(=O)[C@@H]13. The molecule has 11 heteroatoms. The molecule has 0 aliphatic carbocycles. The number of amides is 3. The predicted molar refractivity (Wildman–Crippen MR) is 149 cm³/mol. The zero-order chi connectivity index (χ0) is 29.1. The van der Waals surface area contributed by atoms with Crippen LogP contribution < -0.4 is 5.32 Å². The molecule has 2 bridgehead atoms. The highest BCUT2D eigenvalue weighted by molar-refractivity contribution is 9.09. The van der Waals surface area contributed by atoms with Gasteiger partial charge in [0.1, 0.15) is 17.7 Å². The fourth-order valence-corrected chi connectivity index (χ4v) is 7.11. The number of halogens is 1. The monoisotopic (exact) mass is 611 g/mol. The Labute approximate surface area is 239 Å². The van der Waals surface area contributed by atoms with Crippen molar-refractivity contribution in [1.29, 1.82) is 0 Å². The number of nitrogens with zero attached hydrogens (tertiary/aromatic N) is 2. The van der Waals surface area contributed by atoms with E-state index in [0.717, 1.165) is 0 Å². The number of hydrogen-bond donors (Lipinski definition) is 2. The van der Waals surface area contributed by atoms with Crippen molar-refractivity contribution in [3.8, 4) is 0 Å². The van der Waals surface area contributed by atoms with Crippen LogP contribution in [0.15, 0.2) is 25.3 Å². The maximum absolute atomic E-state index is 14.1. The molecule has 3 aliphatic rings. The van der Waals surface area contributed by atoms with Crippen molar-refractivity contribution in [1.82, 2.24) is 15.1 Å². The summed E-state index contributed by atoms with van der Waals surface area (Å²) in [4.78, 5) is 56.5. The van der Waals surface area contributed by atoms with Crippen LogP contribution in [0.1, 0.15) is 53.4 Å². The molecule has 1 spiro atoms. The minimum Gasteiger partial charge on any atom is -0.460 e. The average molecular weight is 613 g/mol. The van der Waals surface area contributed by atoms with E-state index in [1.54, 1.807) is 24.0 Å². The number of alkyl halides is 1. The van der Waals surface area contributed by atoms with E-state index in [4.69, 9.17) is 9.47 Å². The molecule has 0 saturated carbocycles. The lowest BCUT2D eigenvalue weighted by Crippen LogP contribution is -2.60. The Bertz CT molecular complexity index is 971. The average Bonchev–Trinajstić information content (AvgIpc) is 3.48. The summed E-state index contributed by atoms with van der Waals surface area (Å²) in [6, 6.07) is -1.78. The van der Waals surface area contributed by atoms with Crippen LogP contribution >= 0.6 is 15.9 Å². The van der Waals surface area contributed by atoms with Gasteiger partial charge in [-0.3, -0.25) is 19.2 Å². The van der Waals surface area contributed by atoms with Crippen molar-refractivity contribution in [3.05, 3.63) is 25.3 Å². The first-order valence-electron chi connectivity index (χ1n) is 13.7. The molecule has 0 aromatic heterocycles. The van der Waals surface area contributed by atoms with Gasteiger partial charge in [0.25, 0.3) is 0 Å². The molecule has 3 heterocycles. The third-order valence-corrected chi connectivity index (χ3v) is 8.87. The number of carbonyl (C=O) groups excluding carboxylic acids is 4. The molecular formula is C28H42BrN3O7. The van der Waals surface area contributed by atoms with Crippen LogP contribution in [0, 0.1) is 11.8 Å². The first-order chi connectivity index (χ1) is 18.5. The van der Waals surface area contributed by atoms with Crippen molar-refractivity contribution in [2.45, 2.75) is 94.1 Å². The van der Waals surface area contributed by atoms with Crippen molar-refractivity contribution < 1.29 is 33.8 Å². The summed E-state index contributed by atoms with van der Waals surface area (Å²) >= 11 is 3.64.